The summed E-state index contributed by atoms with van der Waals surface area (Å²) in [7, 11) is 0. The van der Waals surface area contributed by atoms with Gasteiger partial charge in [-0.3, -0.25) is 9.59 Å². The largest absolute Gasteiger partial charge is 0.366 e. The maximum atomic E-state index is 14.4. The first kappa shape index (κ1) is 18.3. The molecule has 2 aromatic rings. The Morgan fingerprint density at radius 3 is 2.21 bits per heavy atom. The number of aryl methyl sites for hydroxylation is 1. The molecule has 0 N–H and O–H groups in total. The maximum Gasteiger partial charge on any atom is 0.282 e. The zero-order valence-electron chi connectivity index (χ0n) is 15.5. The minimum absolute atomic E-state index is 0.246. The molecule has 4 nitrogen and oxygen atoms in total. The van der Waals surface area contributed by atoms with E-state index in [1.54, 1.807) is 12.1 Å². The van der Waals surface area contributed by atoms with Gasteiger partial charge in [-0.25, -0.2) is 13.7 Å². The summed E-state index contributed by atoms with van der Waals surface area (Å²) in [5.41, 5.74) is 1.79. The van der Waals surface area contributed by atoms with Crippen molar-refractivity contribution in [2.24, 2.45) is 0 Å². The Morgan fingerprint density at radius 1 is 0.857 bits per heavy atom. The van der Waals surface area contributed by atoms with Gasteiger partial charge >= 0.3 is 0 Å². The van der Waals surface area contributed by atoms with E-state index in [0.717, 1.165) is 47.9 Å². The number of piperidine rings is 1. The van der Waals surface area contributed by atoms with E-state index >= 15 is 0 Å². The van der Waals surface area contributed by atoms with Crippen molar-refractivity contribution in [2.75, 3.05) is 18.0 Å². The van der Waals surface area contributed by atoms with Gasteiger partial charge in [0.15, 0.2) is 0 Å². The van der Waals surface area contributed by atoms with Crippen LogP contribution in [0, 0.1) is 18.6 Å². The molecule has 144 valence electrons. The number of benzene rings is 2. The maximum absolute atomic E-state index is 14.4. The lowest BCUT2D eigenvalue weighted by molar-refractivity contribution is -0.120. The molecule has 0 aliphatic carbocycles. The van der Waals surface area contributed by atoms with Gasteiger partial charge in [0.05, 0.1) is 11.3 Å². The van der Waals surface area contributed by atoms with Crippen molar-refractivity contribution in [2.45, 2.75) is 26.2 Å². The quantitative estimate of drug-likeness (QED) is 0.752. The highest BCUT2D eigenvalue weighted by molar-refractivity contribution is 6.45. The van der Waals surface area contributed by atoms with Gasteiger partial charge in [-0.15, -0.1) is 0 Å². The van der Waals surface area contributed by atoms with E-state index in [0.29, 0.717) is 18.7 Å². The van der Waals surface area contributed by atoms with Crippen molar-refractivity contribution < 1.29 is 18.4 Å². The first-order chi connectivity index (χ1) is 13.5. The van der Waals surface area contributed by atoms with Crippen LogP contribution in [0.5, 0.6) is 0 Å². The van der Waals surface area contributed by atoms with Crippen LogP contribution < -0.4 is 4.90 Å². The average molecular weight is 382 g/mol. The normalized spacial score (nSPS) is 17.7. The van der Waals surface area contributed by atoms with Crippen molar-refractivity contribution in [3.05, 3.63) is 70.9 Å². The fourth-order valence-electron chi connectivity index (χ4n) is 3.79. The summed E-state index contributed by atoms with van der Waals surface area (Å²) in [5.74, 6) is -2.75. The third-order valence-electron chi connectivity index (χ3n) is 5.22. The summed E-state index contributed by atoms with van der Waals surface area (Å²) in [6, 6.07) is 10.1. The molecule has 1 saturated heterocycles. The molecule has 0 spiro atoms. The summed E-state index contributed by atoms with van der Waals surface area (Å²) in [6.07, 6.45) is 2.90. The topological polar surface area (TPSA) is 40.6 Å². The minimum atomic E-state index is -0.814. The lowest BCUT2D eigenvalue weighted by Gasteiger charge is -2.29. The van der Waals surface area contributed by atoms with Gasteiger partial charge in [-0.05, 0) is 43.9 Å². The zero-order valence-corrected chi connectivity index (χ0v) is 15.5. The van der Waals surface area contributed by atoms with Crippen LogP contribution in [0.15, 0.2) is 48.2 Å². The Kier molecular flexibility index (Phi) is 4.71. The molecule has 4 rings (SSSR count). The zero-order chi connectivity index (χ0) is 19.8. The Morgan fingerprint density at radius 2 is 1.54 bits per heavy atom. The Hall–Kier alpha value is -3.02. The molecular formula is C22H20F2N2O2. The van der Waals surface area contributed by atoms with Crippen LogP contribution in [0.4, 0.5) is 14.5 Å². The molecule has 2 aromatic carbocycles. The molecule has 0 saturated carbocycles. The molecule has 2 aliphatic rings. The Labute approximate surface area is 162 Å². The molecule has 2 aliphatic heterocycles. The SMILES string of the molecule is Cc1ccc(C2=C(N3CCCCC3)C(=O)N(c3cc(F)ccc3F)C2=O)cc1. The number of hydrogen-bond acceptors (Lipinski definition) is 3. The number of likely N-dealkylation sites (tertiary alicyclic amines) is 1. The van der Waals surface area contributed by atoms with E-state index in [2.05, 4.69) is 0 Å². The van der Waals surface area contributed by atoms with E-state index in [1.165, 1.54) is 0 Å². The predicted molar refractivity (Wildman–Crippen MR) is 102 cm³/mol. The molecule has 2 amide bonds. The van der Waals surface area contributed by atoms with Gasteiger partial charge in [0.2, 0.25) is 0 Å². The van der Waals surface area contributed by atoms with Crippen LogP contribution in [0.25, 0.3) is 5.57 Å². The molecule has 0 unspecified atom stereocenters. The molecule has 1 fully saturated rings. The van der Waals surface area contributed by atoms with Crippen molar-refractivity contribution >= 4 is 23.1 Å². The lowest BCUT2D eigenvalue weighted by atomic mass is 10.0. The van der Waals surface area contributed by atoms with E-state index in [-0.39, 0.29) is 17.0 Å². The molecule has 0 aromatic heterocycles. The number of imide groups is 1. The number of carbonyl (C=O) groups excluding carboxylic acids is 2. The van der Waals surface area contributed by atoms with Crippen LogP contribution in [-0.2, 0) is 9.59 Å². The third-order valence-corrected chi connectivity index (χ3v) is 5.22. The first-order valence-electron chi connectivity index (χ1n) is 9.37. The third kappa shape index (κ3) is 3.09. The van der Waals surface area contributed by atoms with Crippen molar-refractivity contribution in [3.8, 4) is 0 Å². The van der Waals surface area contributed by atoms with Gasteiger partial charge in [-0.1, -0.05) is 29.8 Å². The monoisotopic (exact) mass is 382 g/mol. The molecular weight excluding hydrogens is 362 g/mol. The fraction of sp³-hybridized carbons (Fsp3) is 0.273. The number of rotatable bonds is 3. The molecule has 6 heteroatoms. The Balaban J connectivity index is 1.85. The highest BCUT2D eigenvalue weighted by atomic mass is 19.1. The van der Waals surface area contributed by atoms with Crippen LogP contribution in [-0.4, -0.2) is 29.8 Å². The van der Waals surface area contributed by atoms with Crippen molar-refractivity contribution in [1.82, 2.24) is 4.90 Å². The standard InChI is InChI=1S/C22H20F2N2O2/c1-14-5-7-15(8-6-14)19-20(25-11-3-2-4-12-25)22(28)26(21(19)27)18-13-16(23)9-10-17(18)24/h5-10,13H,2-4,11-12H2,1H3. The van der Waals surface area contributed by atoms with Gasteiger partial charge in [0.25, 0.3) is 11.8 Å². The van der Waals surface area contributed by atoms with E-state index < -0.39 is 23.4 Å². The van der Waals surface area contributed by atoms with Gasteiger partial charge in [0.1, 0.15) is 17.3 Å². The van der Waals surface area contributed by atoms with Crippen molar-refractivity contribution in [1.29, 1.82) is 0 Å². The summed E-state index contributed by atoms with van der Waals surface area (Å²) in [4.78, 5) is 29.2. The van der Waals surface area contributed by atoms with Crippen LogP contribution in [0.3, 0.4) is 0 Å². The highest BCUT2D eigenvalue weighted by Gasteiger charge is 2.43. The average Bonchev–Trinajstić information content (AvgIpc) is 2.95. The number of halogens is 2. The van der Waals surface area contributed by atoms with Gasteiger partial charge in [0, 0.05) is 19.2 Å². The fourth-order valence-corrected chi connectivity index (χ4v) is 3.79. The summed E-state index contributed by atoms with van der Waals surface area (Å²) >= 11 is 0. The number of amides is 2. The van der Waals surface area contributed by atoms with E-state index in [1.807, 2.05) is 24.0 Å². The molecule has 2 heterocycles. The summed E-state index contributed by atoms with van der Waals surface area (Å²) in [5, 5.41) is 0. The summed E-state index contributed by atoms with van der Waals surface area (Å²) in [6.45, 7) is 3.24. The highest BCUT2D eigenvalue weighted by Crippen LogP contribution is 2.37. The summed E-state index contributed by atoms with van der Waals surface area (Å²) < 4.78 is 28.1. The first-order valence-corrected chi connectivity index (χ1v) is 9.37. The lowest BCUT2D eigenvalue weighted by Crippen LogP contribution is -2.37. The van der Waals surface area contributed by atoms with Gasteiger partial charge in [-0.2, -0.15) is 0 Å². The number of nitrogens with zero attached hydrogens (tertiary/aromatic N) is 2. The molecule has 0 radical (unpaired) electrons. The number of carbonyl (C=O) groups is 2. The second kappa shape index (κ2) is 7.19. The predicted octanol–water partition coefficient (Wildman–Crippen LogP) is 4.04. The van der Waals surface area contributed by atoms with Crippen molar-refractivity contribution in [3.63, 3.8) is 0 Å². The van der Waals surface area contributed by atoms with Crippen LogP contribution in [0.1, 0.15) is 30.4 Å². The molecule has 28 heavy (non-hydrogen) atoms. The minimum Gasteiger partial charge on any atom is -0.366 e. The second-order valence-electron chi connectivity index (χ2n) is 7.18. The number of hydrogen-bond donors (Lipinski definition) is 0. The van der Waals surface area contributed by atoms with Crippen LogP contribution >= 0.6 is 0 Å². The second-order valence-corrected chi connectivity index (χ2v) is 7.18. The van der Waals surface area contributed by atoms with E-state index in [9.17, 15) is 18.4 Å². The van der Waals surface area contributed by atoms with Crippen LogP contribution in [0.2, 0.25) is 0 Å². The molecule has 0 bridgehead atoms. The Bertz CT molecular complexity index is 977. The van der Waals surface area contributed by atoms with E-state index in [4.69, 9.17) is 0 Å². The number of anilines is 1. The smallest absolute Gasteiger partial charge is 0.282 e. The van der Waals surface area contributed by atoms with Gasteiger partial charge < -0.3 is 4.90 Å². The molecule has 0 atom stereocenters.